The first kappa shape index (κ1) is 13.3. The molecule has 19 heavy (non-hydrogen) atoms. The lowest BCUT2D eigenvalue weighted by molar-refractivity contribution is 0.468. The molecule has 1 aromatic carbocycles. The monoisotopic (exact) mass is 254 g/mol. The Balaban J connectivity index is 2.03. The van der Waals surface area contributed by atoms with E-state index in [9.17, 15) is 5.11 Å². The highest BCUT2D eigenvalue weighted by atomic mass is 16.3. The van der Waals surface area contributed by atoms with E-state index in [1.54, 1.807) is 13.1 Å². The fraction of sp³-hybridized carbons (Fsp3) is 0.250. The van der Waals surface area contributed by atoms with Crippen LogP contribution in [0, 0.1) is 6.92 Å². The number of aromatic hydroxyl groups is 1. The van der Waals surface area contributed by atoms with E-state index in [1.165, 1.54) is 0 Å². The van der Waals surface area contributed by atoms with Crippen molar-refractivity contribution in [1.29, 1.82) is 0 Å². The summed E-state index contributed by atoms with van der Waals surface area (Å²) < 4.78 is 0. The van der Waals surface area contributed by atoms with Gasteiger partial charge in [0.15, 0.2) is 0 Å². The normalized spacial score (nSPS) is 18.4. The van der Waals surface area contributed by atoms with E-state index in [-0.39, 0.29) is 0 Å². The number of hydrogen-bond donors (Lipinski definition) is 1. The highest BCUT2D eigenvalue weighted by Crippen LogP contribution is 2.18. The van der Waals surface area contributed by atoms with Crippen molar-refractivity contribution in [3.05, 3.63) is 53.6 Å². The molecule has 3 heteroatoms. The molecule has 2 rings (SSSR count). The summed E-state index contributed by atoms with van der Waals surface area (Å²) in [6.45, 7) is 2.61. The SMILES string of the molecule is CN=C1C=CC=CC1=NCCc1ccc(C)cc1O. The molecule has 1 aliphatic rings. The maximum absolute atomic E-state index is 9.83. The molecular weight excluding hydrogens is 236 g/mol. The molecule has 0 unspecified atom stereocenters. The minimum atomic E-state index is 0.351. The Morgan fingerprint density at radius 1 is 1.11 bits per heavy atom. The van der Waals surface area contributed by atoms with Crippen LogP contribution in [-0.4, -0.2) is 30.1 Å². The number of phenolic OH excluding ortho intramolecular Hbond substituents is 1. The topological polar surface area (TPSA) is 45.0 Å². The van der Waals surface area contributed by atoms with Crippen molar-refractivity contribution in [2.75, 3.05) is 13.6 Å². The highest BCUT2D eigenvalue weighted by Gasteiger charge is 2.05. The Morgan fingerprint density at radius 3 is 2.53 bits per heavy atom. The minimum absolute atomic E-state index is 0.351. The predicted octanol–water partition coefficient (Wildman–Crippen LogP) is 2.88. The molecule has 0 saturated carbocycles. The second-order valence-electron chi connectivity index (χ2n) is 4.48. The fourth-order valence-corrected chi connectivity index (χ4v) is 1.97. The van der Waals surface area contributed by atoms with E-state index in [4.69, 9.17) is 0 Å². The van der Waals surface area contributed by atoms with Crippen LogP contribution in [0.1, 0.15) is 11.1 Å². The lowest BCUT2D eigenvalue weighted by atomic mass is 10.1. The maximum Gasteiger partial charge on any atom is 0.119 e. The molecule has 0 bridgehead atoms. The van der Waals surface area contributed by atoms with Gasteiger partial charge in [-0.05, 0) is 42.7 Å². The molecule has 0 radical (unpaired) electrons. The average molecular weight is 254 g/mol. The van der Waals surface area contributed by atoms with Crippen molar-refractivity contribution in [3.8, 4) is 5.75 Å². The number of benzene rings is 1. The van der Waals surface area contributed by atoms with Gasteiger partial charge < -0.3 is 5.11 Å². The average Bonchev–Trinajstić information content (AvgIpc) is 2.42. The summed E-state index contributed by atoms with van der Waals surface area (Å²) in [5.74, 6) is 0.351. The smallest absolute Gasteiger partial charge is 0.119 e. The lowest BCUT2D eigenvalue weighted by Gasteiger charge is -2.06. The summed E-state index contributed by atoms with van der Waals surface area (Å²) in [4.78, 5) is 8.71. The number of aliphatic imine (C=N–C) groups is 2. The van der Waals surface area contributed by atoms with Crippen molar-refractivity contribution in [3.63, 3.8) is 0 Å². The first-order valence-corrected chi connectivity index (χ1v) is 6.35. The molecular formula is C16H18N2O. The number of nitrogens with zero attached hydrogens (tertiary/aromatic N) is 2. The van der Waals surface area contributed by atoms with Gasteiger partial charge in [-0.1, -0.05) is 24.3 Å². The Labute approximate surface area is 113 Å². The van der Waals surface area contributed by atoms with Gasteiger partial charge in [-0.3, -0.25) is 9.98 Å². The zero-order chi connectivity index (χ0) is 13.7. The maximum atomic E-state index is 9.83. The van der Waals surface area contributed by atoms with Gasteiger partial charge in [-0.2, -0.15) is 0 Å². The molecule has 0 aliphatic heterocycles. The van der Waals surface area contributed by atoms with Crippen molar-refractivity contribution in [2.24, 2.45) is 9.98 Å². The third kappa shape index (κ3) is 3.41. The van der Waals surface area contributed by atoms with E-state index in [1.807, 2.05) is 43.4 Å². The van der Waals surface area contributed by atoms with Gasteiger partial charge in [-0.15, -0.1) is 0 Å². The third-order valence-corrected chi connectivity index (χ3v) is 3.03. The van der Waals surface area contributed by atoms with Gasteiger partial charge in [0.05, 0.1) is 11.4 Å². The van der Waals surface area contributed by atoms with Crippen molar-refractivity contribution in [1.82, 2.24) is 0 Å². The van der Waals surface area contributed by atoms with Crippen LogP contribution in [-0.2, 0) is 6.42 Å². The summed E-state index contributed by atoms with van der Waals surface area (Å²) in [5, 5.41) is 9.83. The molecule has 0 heterocycles. The van der Waals surface area contributed by atoms with Crippen molar-refractivity contribution >= 4 is 11.4 Å². The molecule has 0 aromatic heterocycles. The molecule has 1 aliphatic carbocycles. The van der Waals surface area contributed by atoms with E-state index >= 15 is 0 Å². The largest absolute Gasteiger partial charge is 0.508 e. The Hall–Kier alpha value is -2.16. The van der Waals surface area contributed by atoms with E-state index in [0.29, 0.717) is 12.3 Å². The molecule has 0 atom stereocenters. The minimum Gasteiger partial charge on any atom is -0.508 e. The van der Waals surface area contributed by atoms with Crippen LogP contribution < -0.4 is 0 Å². The van der Waals surface area contributed by atoms with Crippen LogP contribution in [0.15, 0.2) is 52.5 Å². The van der Waals surface area contributed by atoms with Gasteiger partial charge in [0, 0.05) is 13.6 Å². The van der Waals surface area contributed by atoms with Gasteiger partial charge in [-0.25, -0.2) is 0 Å². The summed E-state index contributed by atoms with van der Waals surface area (Å²) >= 11 is 0. The highest BCUT2D eigenvalue weighted by molar-refractivity contribution is 6.51. The molecule has 1 N–H and O–H groups in total. The van der Waals surface area contributed by atoms with Gasteiger partial charge in [0.1, 0.15) is 5.75 Å². The van der Waals surface area contributed by atoms with Crippen LogP contribution >= 0.6 is 0 Å². The summed E-state index contributed by atoms with van der Waals surface area (Å²) in [6, 6.07) is 5.74. The fourth-order valence-electron chi connectivity index (χ4n) is 1.97. The van der Waals surface area contributed by atoms with E-state index in [2.05, 4.69) is 9.98 Å². The van der Waals surface area contributed by atoms with Crippen LogP contribution in [0.3, 0.4) is 0 Å². The van der Waals surface area contributed by atoms with Gasteiger partial charge >= 0.3 is 0 Å². The first-order valence-electron chi connectivity index (χ1n) is 6.35. The van der Waals surface area contributed by atoms with Gasteiger partial charge in [0.2, 0.25) is 0 Å². The molecule has 0 fully saturated rings. The molecule has 98 valence electrons. The van der Waals surface area contributed by atoms with Crippen molar-refractivity contribution < 1.29 is 5.11 Å². The molecule has 1 aromatic rings. The van der Waals surface area contributed by atoms with Crippen LogP contribution in [0.4, 0.5) is 0 Å². The number of aryl methyl sites for hydroxylation is 1. The quantitative estimate of drug-likeness (QED) is 0.828. The van der Waals surface area contributed by atoms with Crippen LogP contribution in [0.2, 0.25) is 0 Å². The molecule has 0 spiro atoms. The summed E-state index contributed by atoms with van der Waals surface area (Å²) in [6.07, 6.45) is 8.54. The Morgan fingerprint density at radius 2 is 1.84 bits per heavy atom. The second kappa shape index (κ2) is 6.14. The summed E-state index contributed by atoms with van der Waals surface area (Å²) in [5.41, 5.74) is 3.79. The Kier molecular flexibility index (Phi) is 4.29. The molecule has 0 saturated heterocycles. The lowest BCUT2D eigenvalue weighted by Crippen LogP contribution is -2.12. The van der Waals surface area contributed by atoms with E-state index < -0.39 is 0 Å². The van der Waals surface area contributed by atoms with Crippen LogP contribution in [0.5, 0.6) is 5.75 Å². The predicted molar refractivity (Wildman–Crippen MR) is 80.5 cm³/mol. The number of hydrogen-bond acceptors (Lipinski definition) is 3. The second-order valence-corrected chi connectivity index (χ2v) is 4.48. The zero-order valence-electron chi connectivity index (χ0n) is 11.3. The van der Waals surface area contributed by atoms with Gasteiger partial charge in [0.25, 0.3) is 0 Å². The molecule has 3 nitrogen and oxygen atoms in total. The Bertz CT molecular complexity index is 580. The first-order chi connectivity index (χ1) is 9.20. The van der Waals surface area contributed by atoms with E-state index in [0.717, 1.165) is 29.0 Å². The summed E-state index contributed by atoms with van der Waals surface area (Å²) in [7, 11) is 1.76. The molecule has 0 amide bonds. The standard InChI is InChI=1S/C16H18N2O/c1-12-7-8-13(16(19)11-12)9-10-18-15-6-4-3-5-14(15)17-2/h3-8,11,19H,9-10H2,1-2H3. The number of phenols is 1. The van der Waals surface area contributed by atoms with Crippen molar-refractivity contribution in [2.45, 2.75) is 13.3 Å². The number of rotatable bonds is 3. The third-order valence-electron chi connectivity index (χ3n) is 3.03. The number of allylic oxidation sites excluding steroid dienone is 4. The zero-order valence-corrected chi connectivity index (χ0v) is 11.3. The van der Waals surface area contributed by atoms with Crippen LogP contribution in [0.25, 0.3) is 0 Å².